The van der Waals surface area contributed by atoms with Crippen molar-refractivity contribution in [3.63, 3.8) is 0 Å². The van der Waals surface area contributed by atoms with Crippen LogP contribution in [0, 0.1) is 0 Å². The van der Waals surface area contributed by atoms with Crippen LogP contribution in [0.25, 0.3) is 11.5 Å². The lowest BCUT2D eigenvalue weighted by Crippen LogP contribution is -2.32. The Labute approximate surface area is 112 Å². The van der Waals surface area contributed by atoms with E-state index in [0.717, 1.165) is 19.4 Å². The van der Waals surface area contributed by atoms with Crippen LogP contribution in [0.3, 0.4) is 0 Å². The fourth-order valence-electron chi connectivity index (χ4n) is 2.06. The zero-order chi connectivity index (χ0) is 13.7. The van der Waals surface area contributed by atoms with Crippen molar-refractivity contribution in [1.82, 2.24) is 30.9 Å². The Bertz CT molecular complexity index is 480. The first-order chi connectivity index (χ1) is 9.26. The minimum absolute atomic E-state index is 0.208. The second-order valence-electron chi connectivity index (χ2n) is 4.57. The van der Waals surface area contributed by atoms with Gasteiger partial charge >= 0.3 is 0 Å². The molecule has 2 N–H and O–H groups in total. The summed E-state index contributed by atoms with van der Waals surface area (Å²) in [4.78, 5) is 4.41. The zero-order valence-electron chi connectivity index (χ0n) is 11.6. The van der Waals surface area contributed by atoms with Gasteiger partial charge in [-0.3, -0.25) is 0 Å². The standard InChI is InChI=1S/C12H20N6O/c1-4-6-13-8(3)9(5-2)12-15-11(17-19-12)10-7-14-18-16-10/h7-9,13H,4-6H2,1-3H3,(H,14,16,18). The summed E-state index contributed by atoms with van der Waals surface area (Å²) in [7, 11) is 0. The Hall–Kier alpha value is -1.76. The van der Waals surface area contributed by atoms with Gasteiger partial charge in [0.1, 0.15) is 0 Å². The fourth-order valence-corrected chi connectivity index (χ4v) is 2.06. The maximum Gasteiger partial charge on any atom is 0.231 e. The van der Waals surface area contributed by atoms with Crippen molar-refractivity contribution in [2.24, 2.45) is 0 Å². The van der Waals surface area contributed by atoms with Gasteiger partial charge in [0, 0.05) is 6.04 Å². The first-order valence-corrected chi connectivity index (χ1v) is 6.69. The van der Waals surface area contributed by atoms with E-state index in [4.69, 9.17) is 4.52 Å². The normalized spacial score (nSPS) is 14.5. The van der Waals surface area contributed by atoms with Crippen molar-refractivity contribution < 1.29 is 4.52 Å². The van der Waals surface area contributed by atoms with Crippen molar-refractivity contribution in [2.75, 3.05) is 6.54 Å². The van der Waals surface area contributed by atoms with E-state index >= 15 is 0 Å². The molecule has 0 saturated carbocycles. The van der Waals surface area contributed by atoms with Crippen LogP contribution in [-0.2, 0) is 0 Å². The Balaban J connectivity index is 2.11. The third-order valence-corrected chi connectivity index (χ3v) is 3.16. The van der Waals surface area contributed by atoms with E-state index in [2.05, 4.69) is 51.6 Å². The minimum atomic E-state index is 0.208. The molecule has 0 aliphatic carbocycles. The van der Waals surface area contributed by atoms with Crippen LogP contribution in [0.2, 0.25) is 0 Å². The van der Waals surface area contributed by atoms with Crippen LogP contribution in [0.1, 0.15) is 45.4 Å². The van der Waals surface area contributed by atoms with E-state index in [9.17, 15) is 0 Å². The molecule has 2 atom stereocenters. The molecule has 19 heavy (non-hydrogen) atoms. The second-order valence-corrected chi connectivity index (χ2v) is 4.57. The average molecular weight is 264 g/mol. The first kappa shape index (κ1) is 13.7. The molecule has 2 aromatic rings. The van der Waals surface area contributed by atoms with Crippen LogP contribution < -0.4 is 5.32 Å². The average Bonchev–Trinajstić information content (AvgIpc) is 3.07. The maximum absolute atomic E-state index is 5.36. The molecule has 0 aliphatic heterocycles. The molecule has 0 amide bonds. The maximum atomic E-state index is 5.36. The van der Waals surface area contributed by atoms with Crippen molar-refractivity contribution >= 4 is 0 Å². The number of aromatic amines is 1. The van der Waals surface area contributed by atoms with Crippen LogP contribution in [0.5, 0.6) is 0 Å². The third kappa shape index (κ3) is 3.17. The van der Waals surface area contributed by atoms with E-state index in [1.807, 2.05) is 0 Å². The van der Waals surface area contributed by atoms with E-state index in [0.29, 0.717) is 23.5 Å². The lowest BCUT2D eigenvalue weighted by atomic mass is 9.98. The molecule has 7 heteroatoms. The first-order valence-electron chi connectivity index (χ1n) is 6.69. The highest BCUT2D eigenvalue weighted by Gasteiger charge is 2.24. The highest BCUT2D eigenvalue weighted by atomic mass is 16.5. The summed E-state index contributed by atoms with van der Waals surface area (Å²) < 4.78 is 5.36. The molecule has 0 bridgehead atoms. The van der Waals surface area contributed by atoms with E-state index in [1.165, 1.54) is 0 Å². The summed E-state index contributed by atoms with van der Waals surface area (Å²) in [5.74, 6) is 1.33. The molecule has 0 aliphatic rings. The number of aromatic nitrogens is 5. The monoisotopic (exact) mass is 264 g/mol. The molecule has 0 fully saturated rings. The van der Waals surface area contributed by atoms with E-state index in [1.54, 1.807) is 6.20 Å². The quantitative estimate of drug-likeness (QED) is 0.791. The number of nitrogens with zero attached hydrogens (tertiary/aromatic N) is 4. The summed E-state index contributed by atoms with van der Waals surface area (Å²) in [5.41, 5.74) is 0.596. The van der Waals surface area contributed by atoms with Gasteiger partial charge in [-0.15, -0.1) is 0 Å². The number of hydrogen-bond acceptors (Lipinski definition) is 6. The zero-order valence-corrected chi connectivity index (χ0v) is 11.6. The minimum Gasteiger partial charge on any atom is -0.339 e. The molecule has 2 heterocycles. The number of rotatable bonds is 7. The highest BCUT2D eigenvalue weighted by Crippen LogP contribution is 2.23. The van der Waals surface area contributed by atoms with Crippen molar-refractivity contribution in [3.05, 3.63) is 12.1 Å². The van der Waals surface area contributed by atoms with Gasteiger partial charge in [0.25, 0.3) is 0 Å². The molecule has 0 saturated heterocycles. The van der Waals surface area contributed by atoms with Gasteiger partial charge < -0.3 is 9.84 Å². The van der Waals surface area contributed by atoms with Gasteiger partial charge in [-0.1, -0.05) is 19.0 Å². The lowest BCUT2D eigenvalue weighted by molar-refractivity contribution is 0.316. The highest BCUT2D eigenvalue weighted by molar-refractivity contribution is 5.44. The fraction of sp³-hybridized carbons (Fsp3) is 0.667. The second kappa shape index (κ2) is 6.42. The topological polar surface area (TPSA) is 92.5 Å². The van der Waals surface area contributed by atoms with Crippen LogP contribution in [-0.4, -0.2) is 38.1 Å². The van der Waals surface area contributed by atoms with E-state index in [-0.39, 0.29) is 5.92 Å². The molecule has 0 spiro atoms. The van der Waals surface area contributed by atoms with Crippen LogP contribution in [0.4, 0.5) is 0 Å². The summed E-state index contributed by atoms with van der Waals surface area (Å²) in [5, 5.41) is 17.6. The molecule has 0 radical (unpaired) electrons. The van der Waals surface area contributed by atoms with Gasteiger partial charge in [0.05, 0.1) is 12.1 Å². The third-order valence-electron chi connectivity index (χ3n) is 3.16. The van der Waals surface area contributed by atoms with Crippen molar-refractivity contribution in [3.8, 4) is 11.5 Å². The predicted molar refractivity (Wildman–Crippen MR) is 70.5 cm³/mol. The van der Waals surface area contributed by atoms with E-state index < -0.39 is 0 Å². The lowest BCUT2D eigenvalue weighted by Gasteiger charge is -2.20. The van der Waals surface area contributed by atoms with Gasteiger partial charge in [-0.25, -0.2) is 0 Å². The number of nitrogens with one attached hydrogen (secondary N) is 2. The number of hydrogen-bond donors (Lipinski definition) is 2. The molecule has 2 rings (SSSR count). The van der Waals surface area contributed by atoms with Crippen molar-refractivity contribution in [2.45, 2.75) is 45.6 Å². The largest absolute Gasteiger partial charge is 0.339 e. The molecule has 0 aromatic carbocycles. The number of H-pyrrole nitrogens is 1. The molecule has 104 valence electrons. The molecule has 2 unspecified atom stereocenters. The van der Waals surface area contributed by atoms with Gasteiger partial charge in [0.15, 0.2) is 5.69 Å². The Kier molecular flexibility index (Phi) is 4.62. The van der Waals surface area contributed by atoms with Gasteiger partial charge in [-0.05, 0) is 26.3 Å². The molecule has 7 nitrogen and oxygen atoms in total. The van der Waals surface area contributed by atoms with Gasteiger partial charge in [0.2, 0.25) is 11.7 Å². The summed E-state index contributed by atoms with van der Waals surface area (Å²) >= 11 is 0. The predicted octanol–water partition coefficient (Wildman–Crippen LogP) is 1.74. The molecular formula is C12H20N6O. The van der Waals surface area contributed by atoms with Crippen LogP contribution in [0.15, 0.2) is 10.7 Å². The Morgan fingerprint density at radius 1 is 1.42 bits per heavy atom. The van der Waals surface area contributed by atoms with Crippen LogP contribution >= 0.6 is 0 Å². The molecule has 2 aromatic heterocycles. The summed E-state index contributed by atoms with van der Waals surface area (Å²) in [6, 6.07) is 0.301. The van der Waals surface area contributed by atoms with Crippen molar-refractivity contribution in [1.29, 1.82) is 0 Å². The Morgan fingerprint density at radius 3 is 2.89 bits per heavy atom. The SMILES string of the molecule is CCCNC(C)C(CC)c1nc(-c2cn[nH]n2)no1. The molecular weight excluding hydrogens is 244 g/mol. The smallest absolute Gasteiger partial charge is 0.231 e. The summed E-state index contributed by atoms with van der Waals surface area (Å²) in [6.45, 7) is 7.40. The van der Waals surface area contributed by atoms with Gasteiger partial charge in [-0.2, -0.15) is 20.4 Å². The Morgan fingerprint density at radius 2 is 2.26 bits per heavy atom. The summed E-state index contributed by atoms with van der Waals surface area (Å²) in [6.07, 6.45) is 3.63.